The van der Waals surface area contributed by atoms with Crippen LogP contribution in [0.4, 0.5) is 0 Å². The molecule has 23 heavy (non-hydrogen) atoms. The summed E-state index contributed by atoms with van der Waals surface area (Å²) in [7, 11) is -3.51. The molecule has 0 amide bonds. The van der Waals surface area contributed by atoms with Crippen LogP contribution in [0.25, 0.3) is 0 Å². The number of hydrogen-bond acceptors (Lipinski definition) is 5. The van der Waals surface area contributed by atoms with Crippen LogP contribution in [0.3, 0.4) is 0 Å². The molecule has 1 aromatic rings. The topological polar surface area (TPSA) is 81.7 Å². The molecule has 1 N–H and O–H groups in total. The van der Waals surface area contributed by atoms with Crippen LogP contribution < -0.4 is 9.46 Å². The molecule has 2 rings (SSSR count). The Morgan fingerprint density at radius 3 is 2.43 bits per heavy atom. The second-order valence-electron chi connectivity index (χ2n) is 5.52. The van der Waals surface area contributed by atoms with E-state index in [1.807, 2.05) is 0 Å². The zero-order valence-corrected chi connectivity index (χ0v) is 14.1. The lowest BCUT2D eigenvalue weighted by atomic mass is 9.96. The fourth-order valence-corrected chi connectivity index (χ4v) is 3.87. The van der Waals surface area contributed by atoms with E-state index in [-0.39, 0.29) is 17.5 Å². The first-order chi connectivity index (χ1) is 11.0. The van der Waals surface area contributed by atoms with Crippen molar-refractivity contribution in [1.29, 1.82) is 0 Å². The predicted molar refractivity (Wildman–Crippen MR) is 85.8 cm³/mol. The van der Waals surface area contributed by atoms with Gasteiger partial charge in [0.05, 0.1) is 11.5 Å². The first-order valence-corrected chi connectivity index (χ1v) is 9.40. The van der Waals surface area contributed by atoms with Crippen molar-refractivity contribution >= 4 is 16.0 Å². The largest absolute Gasteiger partial charge is 0.482 e. The summed E-state index contributed by atoms with van der Waals surface area (Å²) >= 11 is 0. The fourth-order valence-electron chi connectivity index (χ4n) is 2.57. The van der Waals surface area contributed by atoms with Crippen molar-refractivity contribution in [2.75, 3.05) is 13.2 Å². The minimum absolute atomic E-state index is 0.0218. The lowest BCUT2D eigenvalue weighted by Crippen LogP contribution is -2.36. The third kappa shape index (κ3) is 5.51. The van der Waals surface area contributed by atoms with Gasteiger partial charge in [-0.1, -0.05) is 19.3 Å². The molecule has 0 saturated heterocycles. The molecule has 0 radical (unpaired) electrons. The summed E-state index contributed by atoms with van der Waals surface area (Å²) in [6.07, 6.45) is 5.08. The summed E-state index contributed by atoms with van der Waals surface area (Å²) < 4.78 is 37.4. The van der Waals surface area contributed by atoms with Gasteiger partial charge in [0.25, 0.3) is 0 Å². The highest BCUT2D eigenvalue weighted by atomic mass is 32.2. The molecule has 0 atom stereocenters. The second kappa shape index (κ2) is 8.31. The highest BCUT2D eigenvalue weighted by molar-refractivity contribution is 7.89. The summed E-state index contributed by atoms with van der Waals surface area (Å²) in [4.78, 5) is 11.4. The lowest BCUT2D eigenvalue weighted by molar-refractivity contribution is -0.145. The van der Waals surface area contributed by atoms with E-state index in [4.69, 9.17) is 9.47 Å². The molecule has 7 heteroatoms. The van der Waals surface area contributed by atoms with Crippen molar-refractivity contribution in [2.24, 2.45) is 0 Å². The van der Waals surface area contributed by atoms with Gasteiger partial charge in [0.1, 0.15) is 5.75 Å². The number of ether oxygens (including phenoxy) is 2. The molecule has 6 nitrogen and oxygen atoms in total. The van der Waals surface area contributed by atoms with E-state index in [9.17, 15) is 13.2 Å². The van der Waals surface area contributed by atoms with Crippen molar-refractivity contribution in [2.45, 2.75) is 50.0 Å². The van der Waals surface area contributed by atoms with Gasteiger partial charge in [-0.2, -0.15) is 0 Å². The molecule has 0 bridgehead atoms. The van der Waals surface area contributed by atoms with Crippen molar-refractivity contribution in [3.8, 4) is 5.75 Å². The van der Waals surface area contributed by atoms with Gasteiger partial charge in [-0.3, -0.25) is 0 Å². The first kappa shape index (κ1) is 17.7. The van der Waals surface area contributed by atoms with E-state index in [1.165, 1.54) is 30.7 Å². The van der Waals surface area contributed by atoms with Crippen LogP contribution in [0, 0.1) is 0 Å². The number of nitrogens with one attached hydrogen (secondary N) is 1. The van der Waals surface area contributed by atoms with Crippen LogP contribution in [0.1, 0.15) is 39.0 Å². The SMILES string of the molecule is CCOC(=O)COc1ccc(S(=O)(=O)NC2CCCCC2)cc1. The number of carbonyl (C=O) groups is 1. The van der Waals surface area contributed by atoms with Crippen molar-refractivity contribution in [3.05, 3.63) is 24.3 Å². The zero-order chi connectivity index (χ0) is 16.7. The van der Waals surface area contributed by atoms with Crippen molar-refractivity contribution in [1.82, 2.24) is 4.72 Å². The minimum atomic E-state index is -3.51. The number of esters is 1. The van der Waals surface area contributed by atoms with Gasteiger partial charge in [-0.15, -0.1) is 0 Å². The zero-order valence-electron chi connectivity index (χ0n) is 13.3. The Labute approximate surface area is 137 Å². The summed E-state index contributed by atoms with van der Waals surface area (Å²) in [5.74, 6) is -0.0298. The van der Waals surface area contributed by atoms with Gasteiger partial charge in [0.15, 0.2) is 6.61 Å². The summed E-state index contributed by atoms with van der Waals surface area (Å²) in [6.45, 7) is 1.82. The Balaban J connectivity index is 1.93. The number of sulfonamides is 1. The van der Waals surface area contributed by atoms with Gasteiger partial charge < -0.3 is 9.47 Å². The van der Waals surface area contributed by atoms with E-state index in [1.54, 1.807) is 6.92 Å². The van der Waals surface area contributed by atoms with Crippen LogP contribution in [0.15, 0.2) is 29.2 Å². The molecule has 0 spiro atoms. The lowest BCUT2D eigenvalue weighted by Gasteiger charge is -2.22. The molecule has 1 aliphatic rings. The average molecular weight is 341 g/mol. The normalized spacial score (nSPS) is 16.0. The molecule has 0 unspecified atom stereocenters. The van der Waals surface area contributed by atoms with Crippen molar-refractivity contribution < 1.29 is 22.7 Å². The van der Waals surface area contributed by atoms with Gasteiger partial charge >= 0.3 is 5.97 Å². The van der Waals surface area contributed by atoms with E-state index in [0.29, 0.717) is 12.4 Å². The Morgan fingerprint density at radius 1 is 1.17 bits per heavy atom. The van der Waals surface area contributed by atoms with Crippen LogP contribution >= 0.6 is 0 Å². The third-order valence-corrected chi connectivity index (χ3v) is 5.26. The monoisotopic (exact) mass is 341 g/mol. The number of benzene rings is 1. The highest BCUT2D eigenvalue weighted by Gasteiger charge is 2.21. The molecule has 1 fully saturated rings. The Kier molecular flexibility index (Phi) is 6.41. The maximum absolute atomic E-state index is 12.3. The minimum Gasteiger partial charge on any atom is -0.482 e. The molecular formula is C16H23NO5S. The van der Waals surface area contributed by atoms with E-state index >= 15 is 0 Å². The maximum Gasteiger partial charge on any atom is 0.344 e. The Morgan fingerprint density at radius 2 is 1.83 bits per heavy atom. The van der Waals surface area contributed by atoms with Crippen LogP contribution in [0.5, 0.6) is 5.75 Å². The molecule has 1 saturated carbocycles. The maximum atomic E-state index is 12.3. The number of carbonyl (C=O) groups excluding carboxylic acids is 1. The van der Waals surface area contributed by atoms with E-state index < -0.39 is 16.0 Å². The highest BCUT2D eigenvalue weighted by Crippen LogP contribution is 2.21. The van der Waals surface area contributed by atoms with E-state index in [2.05, 4.69) is 4.72 Å². The molecule has 0 aliphatic heterocycles. The van der Waals surface area contributed by atoms with Gasteiger partial charge in [-0.25, -0.2) is 17.9 Å². The quantitative estimate of drug-likeness (QED) is 0.769. The van der Waals surface area contributed by atoms with Gasteiger partial charge in [0, 0.05) is 6.04 Å². The average Bonchev–Trinajstić information content (AvgIpc) is 2.54. The molecule has 1 aliphatic carbocycles. The molecule has 1 aromatic carbocycles. The fraction of sp³-hybridized carbons (Fsp3) is 0.562. The van der Waals surface area contributed by atoms with Crippen LogP contribution in [0.2, 0.25) is 0 Å². The summed E-state index contributed by atoms with van der Waals surface area (Å²) in [5, 5.41) is 0. The molecule has 128 valence electrons. The van der Waals surface area contributed by atoms with Gasteiger partial charge in [-0.05, 0) is 44.0 Å². The Bertz CT molecular complexity index is 606. The van der Waals surface area contributed by atoms with E-state index in [0.717, 1.165) is 25.7 Å². The molecule has 0 aromatic heterocycles. The predicted octanol–water partition coefficient (Wildman–Crippen LogP) is 2.24. The standard InChI is InChI=1S/C16H23NO5S/c1-2-21-16(18)12-22-14-8-10-15(11-9-14)23(19,20)17-13-6-4-3-5-7-13/h8-11,13,17H,2-7,12H2,1H3. The smallest absolute Gasteiger partial charge is 0.344 e. The van der Waals surface area contributed by atoms with Crippen molar-refractivity contribution in [3.63, 3.8) is 0 Å². The first-order valence-electron chi connectivity index (χ1n) is 7.92. The Hall–Kier alpha value is -1.60. The molecule has 0 heterocycles. The van der Waals surface area contributed by atoms with Crippen LogP contribution in [-0.4, -0.2) is 33.6 Å². The van der Waals surface area contributed by atoms with Crippen LogP contribution in [-0.2, 0) is 19.6 Å². The number of hydrogen-bond donors (Lipinski definition) is 1. The molecular weight excluding hydrogens is 318 g/mol. The van der Waals surface area contributed by atoms with Gasteiger partial charge in [0.2, 0.25) is 10.0 Å². The summed E-state index contributed by atoms with van der Waals surface area (Å²) in [5.41, 5.74) is 0. The number of rotatable bonds is 7. The third-order valence-electron chi connectivity index (χ3n) is 3.72. The second-order valence-corrected chi connectivity index (χ2v) is 7.24. The summed E-state index contributed by atoms with van der Waals surface area (Å²) in [6, 6.07) is 6.05.